The molecule has 0 heterocycles. The van der Waals surface area contributed by atoms with Crippen molar-refractivity contribution in [2.45, 2.75) is 0 Å². The highest BCUT2D eigenvalue weighted by molar-refractivity contribution is 7.80. The van der Waals surface area contributed by atoms with Crippen LogP contribution in [0.4, 0.5) is 17.1 Å². The van der Waals surface area contributed by atoms with Crippen molar-refractivity contribution in [3.8, 4) is 5.75 Å². The summed E-state index contributed by atoms with van der Waals surface area (Å²) in [7, 11) is 5.66. The maximum Gasteiger partial charge on any atom is 0.175 e. The molecular weight excluding hydrogens is 282 g/mol. The Balaban J connectivity index is 1.97. The number of rotatable bonds is 4. The molecule has 0 aliphatic heterocycles. The SMILES string of the molecule is COc1cccc(NC(=S)Nc2ccc(N(C)C)cc2)c1. The average molecular weight is 301 g/mol. The maximum atomic E-state index is 5.31. The van der Waals surface area contributed by atoms with E-state index < -0.39 is 0 Å². The third kappa shape index (κ3) is 4.36. The van der Waals surface area contributed by atoms with E-state index in [1.807, 2.05) is 62.6 Å². The third-order valence-electron chi connectivity index (χ3n) is 2.97. The molecule has 110 valence electrons. The number of ether oxygens (including phenoxy) is 1. The molecule has 2 rings (SSSR count). The smallest absolute Gasteiger partial charge is 0.175 e. The Bertz CT molecular complexity index is 611. The van der Waals surface area contributed by atoms with Gasteiger partial charge in [-0.1, -0.05) is 6.07 Å². The van der Waals surface area contributed by atoms with E-state index in [1.54, 1.807) is 7.11 Å². The number of hydrogen-bond acceptors (Lipinski definition) is 3. The second-order valence-corrected chi connectivity index (χ2v) is 5.16. The number of nitrogens with one attached hydrogen (secondary N) is 2. The summed E-state index contributed by atoms with van der Waals surface area (Å²) in [4.78, 5) is 2.05. The summed E-state index contributed by atoms with van der Waals surface area (Å²) in [5.41, 5.74) is 2.98. The topological polar surface area (TPSA) is 36.5 Å². The lowest BCUT2D eigenvalue weighted by Crippen LogP contribution is -2.19. The first-order valence-electron chi connectivity index (χ1n) is 6.58. The van der Waals surface area contributed by atoms with Crippen LogP contribution in [0.15, 0.2) is 48.5 Å². The summed E-state index contributed by atoms with van der Waals surface area (Å²) in [5.74, 6) is 0.790. The van der Waals surface area contributed by atoms with Gasteiger partial charge in [-0.2, -0.15) is 0 Å². The van der Waals surface area contributed by atoms with Gasteiger partial charge in [-0.3, -0.25) is 0 Å². The molecule has 5 heteroatoms. The lowest BCUT2D eigenvalue weighted by Gasteiger charge is -2.14. The first-order chi connectivity index (χ1) is 10.1. The van der Waals surface area contributed by atoms with E-state index in [-0.39, 0.29) is 0 Å². The van der Waals surface area contributed by atoms with Crippen LogP contribution in [0.1, 0.15) is 0 Å². The summed E-state index contributed by atoms with van der Waals surface area (Å²) in [6, 6.07) is 15.7. The lowest BCUT2D eigenvalue weighted by molar-refractivity contribution is 0.415. The van der Waals surface area contributed by atoms with Crippen LogP contribution in [0.25, 0.3) is 0 Å². The van der Waals surface area contributed by atoms with Crippen LogP contribution >= 0.6 is 12.2 Å². The van der Waals surface area contributed by atoms with Gasteiger partial charge < -0.3 is 20.3 Å². The summed E-state index contributed by atoms with van der Waals surface area (Å²) in [5, 5.41) is 6.83. The lowest BCUT2D eigenvalue weighted by atomic mass is 10.2. The van der Waals surface area contributed by atoms with Crippen LogP contribution in [-0.2, 0) is 0 Å². The minimum absolute atomic E-state index is 0.542. The Morgan fingerprint density at radius 3 is 2.29 bits per heavy atom. The molecule has 0 saturated carbocycles. The zero-order chi connectivity index (χ0) is 15.2. The Labute approximate surface area is 130 Å². The van der Waals surface area contributed by atoms with E-state index in [1.165, 1.54) is 0 Å². The summed E-state index contributed by atoms with van der Waals surface area (Å²) in [6.07, 6.45) is 0. The Morgan fingerprint density at radius 2 is 1.67 bits per heavy atom. The van der Waals surface area contributed by atoms with Gasteiger partial charge in [0.25, 0.3) is 0 Å². The van der Waals surface area contributed by atoms with Crippen molar-refractivity contribution in [1.29, 1.82) is 0 Å². The van der Waals surface area contributed by atoms with Gasteiger partial charge in [0, 0.05) is 37.2 Å². The Kier molecular flexibility index (Phi) is 5.00. The minimum Gasteiger partial charge on any atom is -0.497 e. The number of methoxy groups -OCH3 is 1. The van der Waals surface area contributed by atoms with Gasteiger partial charge in [0.05, 0.1) is 7.11 Å². The van der Waals surface area contributed by atoms with E-state index in [2.05, 4.69) is 15.5 Å². The molecule has 0 bridgehead atoms. The second-order valence-electron chi connectivity index (χ2n) is 4.75. The van der Waals surface area contributed by atoms with Gasteiger partial charge in [-0.15, -0.1) is 0 Å². The molecule has 0 spiro atoms. The largest absolute Gasteiger partial charge is 0.497 e. The first kappa shape index (κ1) is 15.1. The van der Waals surface area contributed by atoms with Crippen LogP contribution in [0.5, 0.6) is 5.75 Å². The van der Waals surface area contributed by atoms with E-state index in [0.29, 0.717) is 5.11 Å². The van der Waals surface area contributed by atoms with Crippen molar-refractivity contribution in [3.05, 3.63) is 48.5 Å². The highest BCUT2D eigenvalue weighted by atomic mass is 32.1. The Hall–Kier alpha value is -2.27. The molecule has 2 N–H and O–H groups in total. The maximum absolute atomic E-state index is 5.31. The number of thiocarbonyl (C=S) groups is 1. The van der Waals surface area contributed by atoms with Gasteiger partial charge in [-0.05, 0) is 48.6 Å². The molecule has 0 fully saturated rings. The van der Waals surface area contributed by atoms with Crippen LogP contribution in [0.3, 0.4) is 0 Å². The second kappa shape index (κ2) is 6.95. The molecule has 2 aromatic rings. The van der Waals surface area contributed by atoms with Crippen LogP contribution in [0, 0.1) is 0 Å². The molecule has 0 radical (unpaired) electrons. The van der Waals surface area contributed by atoms with Crippen molar-refractivity contribution < 1.29 is 4.74 Å². The normalized spacial score (nSPS) is 9.86. The van der Waals surface area contributed by atoms with Gasteiger partial charge in [0.1, 0.15) is 5.75 Å². The first-order valence-corrected chi connectivity index (χ1v) is 6.99. The molecule has 4 nitrogen and oxygen atoms in total. The summed E-state index contributed by atoms with van der Waals surface area (Å²) >= 11 is 5.31. The molecule has 0 atom stereocenters. The predicted octanol–water partition coefficient (Wildman–Crippen LogP) is 3.57. The predicted molar refractivity (Wildman–Crippen MR) is 93.6 cm³/mol. The van der Waals surface area contributed by atoms with Crippen LogP contribution in [-0.4, -0.2) is 26.3 Å². The van der Waals surface area contributed by atoms with Gasteiger partial charge in [-0.25, -0.2) is 0 Å². The average Bonchev–Trinajstić information content (AvgIpc) is 2.47. The number of hydrogen-bond donors (Lipinski definition) is 2. The summed E-state index contributed by atoms with van der Waals surface area (Å²) in [6.45, 7) is 0. The van der Waals surface area contributed by atoms with E-state index in [4.69, 9.17) is 17.0 Å². The zero-order valence-corrected chi connectivity index (χ0v) is 13.2. The van der Waals surface area contributed by atoms with E-state index in [9.17, 15) is 0 Å². The fourth-order valence-corrected chi connectivity index (χ4v) is 2.07. The van der Waals surface area contributed by atoms with Crippen molar-refractivity contribution in [2.24, 2.45) is 0 Å². The zero-order valence-electron chi connectivity index (χ0n) is 12.4. The third-order valence-corrected chi connectivity index (χ3v) is 3.17. The molecule has 0 unspecified atom stereocenters. The fourth-order valence-electron chi connectivity index (χ4n) is 1.84. The highest BCUT2D eigenvalue weighted by Gasteiger charge is 2.01. The molecule has 0 aliphatic rings. The van der Waals surface area contributed by atoms with Gasteiger partial charge in [0.2, 0.25) is 0 Å². The molecule has 0 aliphatic carbocycles. The van der Waals surface area contributed by atoms with Crippen molar-refractivity contribution in [1.82, 2.24) is 0 Å². The van der Waals surface area contributed by atoms with Crippen molar-refractivity contribution >= 4 is 34.4 Å². The number of nitrogens with zero attached hydrogens (tertiary/aromatic N) is 1. The standard InChI is InChI=1S/C16H19N3OS/c1-19(2)14-9-7-12(8-10-14)17-16(21)18-13-5-4-6-15(11-13)20-3/h4-11H,1-3H3,(H2,17,18,21). The molecule has 2 aromatic carbocycles. The summed E-state index contributed by atoms with van der Waals surface area (Å²) < 4.78 is 5.18. The van der Waals surface area contributed by atoms with Crippen LogP contribution in [0.2, 0.25) is 0 Å². The number of benzene rings is 2. The van der Waals surface area contributed by atoms with Gasteiger partial charge in [0.15, 0.2) is 5.11 Å². The van der Waals surface area contributed by atoms with E-state index in [0.717, 1.165) is 22.8 Å². The van der Waals surface area contributed by atoms with Gasteiger partial charge >= 0.3 is 0 Å². The van der Waals surface area contributed by atoms with Crippen molar-refractivity contribution in [2.75, 3.05) is 36.7 Å². The minimum atomic E-state index is 0.542. The van der Waals surface area contributed by atoms with E-state index >= 15 is 0 Å². The Morgan fingerprint density at radius 1 is 1.00 bits per heavy atom. The molecule has 0 saturated heterocycles. The van der Waals surface area contributed by atoms with Crippen molar-refractivity contribution in [3.63, 3.8) is 0 Å². The molecular formula is C16H19N3OS. The highest BCUT2D eigenvalue weighted by Crippen LogP contribution is 2.18. The molecule has 21 heavy (non-hydrogen) atoms. The van der Waals surface area contributed by atoms with Crippen LogP contribution < -0.4 is 20.3 Å². The quantitative estimate of drug-likeness (QED) is 0.844. The molecule has 0 aromatic heterocycles. The fraction of sp³-hybridized carbons (Fsp3) is 0.188. The molecule has 0 amide bonds. The monoisotopic (exact) mass is 301 g/mol. The number of anilines is 3.